The molecule has 5 nitrogen and oxygen atoms in total. The van der Waals surface area contributed by atoms with E-state index in [1.807, 2.05) is 0 Å². The molecule has 1 fully saturated rings. The molecule has 0 spiro atoms. The molecule has 1 aliphatic rings. The Hall–Kier alpha value is -1.46. The van der Waals surface area contributed by atoms with Crippen LogP contribution in [0.1, 0.15) is 12.8 Å². The number of hydrogen-bond acceptors (Lipinski definition) is 5. The highest BCUT2D eigenvalue weighted by Crippen LogP contribution is 2.34. The van der Waals surface area contributed by atoms with E-state index >= 15 is 0 Å². The van der Waals surface area contributed by atoms with Crippen LogP contribution >= 0.6 is 0 Å². The molecular weight excluding hydrogens is 246 g/mol. The second kappa shape index (κ2) is 6.12. The fourth-order valence-corrected chi connectivity index (χ4v) is 2.05. The summed E-state index contributed by atoms with van der Waals surface area (Å²) in [4.78, 5) is 0. The molecule has 0 bridgehead atoms. The standard InChI is InChI=1S/C14H21NO4/c1-17-10-5-11(18-2)7-12(6-10)19-13(8-16)14(15)9-3-4-9/h5-7,9,13-14,16H,3-4,8,15H2,1-2H3. The van der Waals surface area contributed by atoms with Crippen molar-refractivity contribution < 1.29 is 19.3 Å². The summed E-state index contributed by atoms with van der Waals surface area (Å²) in [6, 6.07) is 5.14. The summed E-state index contributed by atoms with van der Waals surface area (Å²) in [6.45, 7) is -0.100. The Morgan fingerprint density at radius 3 is 2.11 bits per heavy atom. The summed E-state index contributed by atoms with van der Waals surface area (Å²) in [5.74, 6) is 2.34. The quantitative estimate of drug-likeness (QED) is 0.776. The number of ether oxygens (including phenoxy) is 3. The highest BCUT2D eigenvalue weighted by molar-refractivity contribution is 5.42. The van der Waals surface area contributed by atoms with Crippen LogP contribution in [0.15, 0.2) is 18.2 Å². The minimum atomic E-state index is -0.399. The van der Waals surface area contributed by atoms with Crippen molar-refractivity contribution in [3.63, 3.8) is 0 Å². The van der Waals surface area contributed by atoms with Crippen molar-refractivity contribution in [2.24, 2.45) is 11.7 Å². The average molecular weight is 267 g/mol. The average Bonchev–Trinajstić information content (AvgIpc) is 3.28. The second-order valence-corrected chi connectivity index (χ2v) is 4.80. The van der Waals surface area contributed by atoms with Crippen LogP contribution in [0.3, 0.4) is 0 Å². The van der Waals surface area contributed by atoms with Crippen molar-refractivity contribution in [1.29, 1.82) is 0 Å². The molecule has 3 N–H and O–H groups in total. The van der Waals surface area contributed by atoms with Crippen molar-refractivity contribution in [2.75, 3.05) is 20.8 Å². The van der Waals surface area contributed by atoms with Crippen molar-refractivity contribution in [3.05, 3.63) is 18.2 Å². The largest absolute Gasteiger partial charge is 0.496 e. The number of rotatable bonds is 7. The first-order valence-electron chi connectivity index (χ1n) is 6.44. The second-order valence-electron chi connectivity index (χ2n) is 4.80. The van der Waals surface area contributed by atoms with Gasteiger partial charge in [-0.2, -0.15) is 0 Å². The molecule has 2 rings (SSSR count). The van der Waals surface area contributed by atoms with E-state index in [0.29, 0.717) is 23.2 Å². The van der Waals surface area contributed by atoms with E-state index in [1.54, 1.807) is 32.4 Å². The van der Waals surface area contributed by atoms with E-state index in [2.05, 4.69) is 0 Å². The third kappa shape index (κ3) is 3.52. The first-order valence-corrected chi connectivity index (χ1v) is 6.44. The molecule has 1 aromatic rings. The maximum Gasteiger partial charge on any atom is 0.137 e. The van der Waals surface area contributed by atoms with E-state index in [-0.39, 0.29) is 12.6 Å². The van der Waals surface area contributed by atoms with E-state index < -0.39 is 6.10 Å². The Morgan fingerprint density at radius 2 is 1.68 bits per heavy atom. The van der Waals surface area contributed by atoms with Gasteiger partial charge in [-0.25, -0.2) is 0 Å². The molecule has 1 aromatic carbocycles. The maximum atomic E-state index is 9.42. The van der Waals surface area contributed by atoms with Gasteiger partial charge in [-0.3, -0.25) is 0 Å². The van der Waals surface area contributed by atoms with Crippen LogP contribution < -0.4 is 19.9 Å². The zero-order valence-corrected chi connectivity index (χ0v) is 11.3. The van der Waals surface area contributed by atoms with Crippen LogP contribution in [0.4, 0.5) is 0 Å². The van der Waals surface area contributed by atoms with E-state index in [4.69, 9.17) is 19.9 Å². The monoisotopic (exact) mass is 267 g/mol. The molecule has 0 radical (unpaired) electrons. The lowest BCUT2D eigenvalue weighted by Crippen LogP contribution is -2.43. The molecule has 2 unspecified atom stereocenters. The summed E-state index contributed by atoms with van der Waals surface area (Å²) >= 11 is 0. The predicted molar refractivity (Wildman–Crippen MR) is 71.7 cm³/mol. The lowest BCUT2D eigenvalue weighted by Gasteiger charge is -2.23. The lowest BCUT2D eigenvalue weighted by molar-refractivity contribution is 0.0878. The molecular formula is C14H21NO4. The normalized spacial score (nSPS) is 17.7. The maximum absolute atomic E-state index is 9.42. The zero-order valence-electron chi connectivity index (χ0n) is 11.3. The number of hydrogen-bond donors (Lipinski definition) is 2. The lowest BCUT2D eigenvalue weighted by atomic mass is 10.1. The first-order chi connectivity index (χ1) is 9.17. The Balaban J connectivity index is 2.11. The fraction of sp³-hybridized carbons (Fsp3) is 0.571. The van der Waals surface area contributed by atoms with Gasteiger partial charge in [0.15, 0.2) is 0 Å². The molecule has 106 valence electrons. The van der Waals surface area contributed by atoms with Crippen LogP contribution in [0, 0.1) is 5.92 Å². The summed E-state index contributed by atoms with van der Waals surface area (Å²) in [7, 11) is 3.16. The van der Waals surface area contributed by atoms with Gasteiger partial charge >= 0.3 is 0 Å². The molecule has 1 saturated carbocycles. The van der Waals surface area contributed by atoms with Crippen molar-refractivity contribution in [3.8, 4) is 17.2 Å². The molecule has 5 heteroatoms. The predicted octanol–water partition coefficient (Wildman–Crippen LogP) is 1.18. The Labute approximate surface area is 113 Å². The third-order valence-electron chi connectivity index (χ3n) is 3.39. The fourth-order valence-electron chi connectivity index (χ4n) is 2.05. The molecule has 19 heavy (non-hydrogen) atoms. The topological polar surface area (TPSA) is 73.9 Å². The van der Waals surface area contributed by atoms with Gasteiger partial charge in [-0.15, -0.1) is 0 Å². The van der Waals surface area contributed by atoms with Gasteiger partial charge in [0, 0.05) is 24.2 Å². The van der Waals surface area contributed by atoms with Gasteiger partial charge < -0.3 is 25.1 Å². The molecule has 2 atom stereocenters. The van der Waals surface area contributed by atoms with Gasteiger partial charge in [0.05, 0.1) is 20.8 Å². The SMILES string of the molecule is COc1cc(OC)cc(OC(CO)C(N)C2CC2)c1. The van der Waals surface area contributed by atoms with Crippen LogP contribution in [-0.2, 0) is 0 Å². The van der Waals surface area contributed by atoms with Crippen molar-refractivity contribution in [1.82, 2.24) is 0 Å². The molecule has 0 heterocycles. The highest BCUT2D eigenvalue weighted by Gasteiger charge is 2.35. The van der Waals surface area contributed by atoms with Crippen molar-refractivity contribution in [2.45, 2.75) is 25.0 Å². The third-order valence-corrected chi connectivity index (χ3v) is 3.39. The summed E-state index contributed by atoms with van der Waals surface area (Å²) in [6.07, 6.45) is 1.83. The summed E-state index contributed by atoms with van der Waals surface area (Å²) in [5, 5.41) is 9.42. The first kappa shape index (κ1) is 14.0. The van der Waals surface area contributed by atoms with Crippen LogP contribution in [-0.4, -0.2) is 38.1 Å². The molecule has 0 aromatic heterocycles. The zero-order chi connectivity index (χ0) is 13.8. The Morgan fingerprint density at radius 1 is 1.16 bits per heavy atom. The Kier molecular flexibility index (Phi) is 4.50. The number of aliphatic hydroxyl groups is 1. The van der Waals surface area contributed by atoms with E-state index in [9.17, 15) is 5.11 Å². The van der Waals surface area contributed by atoms with Crippen LogP contribution in [0.5, 0.6) is 17.2 Å². The minimum Gasteiger partial charge on any atom is -0.496 e. The van der Waals surface area contributed by atoms with E-state index in [1.165, 1.54) is 0 Å². The number of benzene rings is 1. The van der Waals surface area contributed by atoms with Crippen LogP contribution in [0.2, 0.25) is 0 Å². The molecule has 1 aliphatic carbocycles. The van der Waals surface area contributed by atoms with Gasteiger partial charge in [0.2, 0.25) is 0 Å². The summed E-state index contributed by atoms with van der Waals surface area (Å²) < 4.78 is 16.1. The van der Waals surface area contributed by atoms with Gasteiger partial charge in [-0.1, -0.05) is 0 Å². The molecule has 0 amide bonds. The van der Waals surface area contributed by atoms with Gasteiger partial charge in [0.1, 0.15) is 23.4 Å². The molecule has 0 aliphatic heterocycles. The Bertz CT molecular complexity index is 398. The van der Waals surface area contributed by atoms with Gasteiger partial charge in [0.25, 0.3) is 0 Å². The number of aliphatic hydroxyl groups excluding tert-OH is 1. The molecule has 0 saturated heterocycles. The smallest absolute Gasteiger partial charge is 0.137 e. The van der Waals surface area contributed by atoms with Crippen LogP contribution in [0.25, 0.3) is 0 Å². The summed E-state index contributed by atoms with van der Waals surface area (Å²) in [5.41, 5.74) is 6.08. The number of nitrogens with two attached hydrogens (primary N) is 1. The highest BCUT2D eigenvalue weighted by atomic mass is 16.5. The van der Waals surface area contributed by atoms with E-state index in [0.717, 1.165) is 12.8 Å². The minimum absolute atomic E-state index is 0.100. The van der Waals surface area contributed by atoms with Crippen molar-refractivity contribution >= 4 is 0 Å². The van der Waals surface area contributed by atoms with Gasteiger partial charge in [-0.05, 0) is 18.8 Å². The number of methoxy groups -OCH3 is 2.